The van der Waals surface area contributed by atoms with E-state index in [2.05, 4.69) is 26.6 Å². The molecule has 22 heavy (non-hydrogen) atoms. The first kappa shape index (κ1) is 16.4. The molecule has 0 saturated carbocycles. The highest BCUT2D eigenvalue weighted by molar-refractivity contribution is 9.10. The predicted octanol–water partition coefficient (Wildman–Crippen LogP) is 4.02. The number of hydrogen-bond acceptors (Lipinski definition) is 2. The van der Waals surface area contributed by atoms with Gasteiger partial charge in [-0.3, -0.25) is 4.79 Å². The van der Waals surface area contributed by atoms with Crippen LogP contribution in [0.4, 0.5) is 14.5 Å². The first-order chi connectivity index (χ1) is 10.5. The van der Waals surface area contributed by atoms with E-state index < -0.39 is 17.7 Å². The summed E-state index contributed by atoms with van der Waals surface area (Å²) in [5.74, 6) is -1.59. The number of carbonyl (C=O) groups excluding carboxylic acids is 1. The summed E-state index contributed by atoms with van der Waals surface area (Å²) in [6.45, 7) is 1.71. The van der Waals surface area contributed by atoms with Crippen LogP contribution in [0.1, 0.15) is 18.5 Å². The van der Waals surface area contributed by atoms with Crippen molar-refractivity contribution in [3.8, 4) is 0 Å². The van der Waals surface area contributed by atoms with Crippen LogP contribution in [0.3, 0.4) is 0 Å². The summed E-state index contributed by atoms with van der Waals surface area (Å²) in [4.78, 5) is 11.9. The van der Waals surface area contributed by atoms with Crippen LogP contribution >= 0.6 is 15.9 Å². The molecule has 0 aliphatic carbocycles. The Morgan fingerprint density at radius 2 is 1.86 bits per heavy atom. The van der Waals surface area contributed by atoms with Crippen LogP contribution in [-0.2, 0) is 4.79 Å². The Bertz CT molecular complexity index is 662. The second-order valence-electron chi connectivity index (χ2n) is 4.82. The summed E-state index contributed by atoms with van der Waals surface area (Å²) in [6.07, 6.45) is 0. The Kier molecular flexibility index (Phi) is 5.49. The quantitative estimate of drug-likeness (QED) is 0.836. The van der Waals surface area contributed by atoms with Gasteiger partial charge in [-0.25, -0.2) is 8.78 Å². The fourth-order valence-electron chi connectivity index (χ4n) is 1.97. The van der Waals surface area contributed by atoms with Crippen molar-refractivity contribution in [2.75, 3.05) is 11.9 Å². The van der Waals surface area contributed by atoms with Crippen LogP contribution in [0.2, 0.25) is 0 Å². The van der Waals surface area contributed by atoms with Crippen LogP contribution in [-0.4, -0.2) is 12.5 Å². The van der Waals surface area contributed by atoms with Gasteiger partial charge in [-0.05, 0) is 37.3 Å². The summed E-state index contributed by atoms with van der Waals surface area (Å²) in [7, 11) is 0. The monoisotopic (exact) mass is 368 g/mol. The van der Waals surface area contributed by atoms with Gasteiger partial charge < -0.3 is 10.6 Å². The van der Waals surface area contributed by atoms with E-state index in [1.54, 1.807) is 6.92 Å². The molecule has 6 heteroatoms. The molecule has 0 fully saturated rings. The van der Waals surface area contributed by atoms with E-state index >= 15 is 0 Å². The van der Waals surface area contributed by atoms with Crippen molar-refractivity contribution in [1.82, 2.24) is 5.32 Å². The number of nitrogens with one attached hydrogen (secondary N) is 2. The second-order valence-corrected chi connectivity index (χ2v) is 5.73. The Hall–Kier alpha value is -1.95. The van der Waals surface area contributed by atoms with Gasteiger partial charge in [-0.15, -0.1) is 0 Å². The molecule has 2 rings (SSSR count). The molecule has 2 aromatic carbocycles. The standard InChI is InChI=1S/C16H15BrF2N2O/c1-10(14-7-4-12(18)8-15(14)19)21-16(22)9-20-13-5-2-11(17)3-6-13/h2-8,10,20H,9H2,1H3,(H,21,22)/t10-/m0/s1. The predicted molar refractivity (Wildman–Crippen MR) is 85.5 cm³/mol. The third-order valence-electron chi connectivity index (χ3n) is 3.10. The zero-order chi connectivity index (χ0) is 16.1. The third-order valence-corrected chi connectivity index (χ3v) is 3.63. The van der Waals surface area contributed by atoms with Crippen molar-refractivity contribution >= 4 is 27.5 Å². The summed E-state index contributed by atoms with van der Waals surface area (Å²) in [5.41, 5.74) is 1.05. The van der Waals surface area contributed by atoms with Crippen LogP contribution in [0.25, 0.3) is 0 Å². The Labute approximate surface area is 135 Å². The SMILES string of the molecule is C[C@H](NC(=O)CNc1ccc(Br)cc1)c1ccc(F)cc1F. The smallest absolute Gasteiger partial charge is 0.239 e. The molecule has 0 bridgehead atoms. The van der Waals surface area contributed by atoms with Gasteiger partial charge in [-0.2, -0.15) is 0 Å². The maximum Gasteiger partial charge on any atom is 0.239 e. The first-order valence-electron chi connectivity index (χ1n) is 6.69. The fraction of sp³-hybridized carbons (Fsp3) is 0.188. The van der Waals surface area contributed by atoms with Crippen LogP contribution in [0, 0.1) is 11.6 Å². The minimum atomic E-state index is -0.673. The number of rotatable bonds is 5. The lowest BCUT2D eigenvalue weighted by atomic mass is 10.1. The van der Waals surface area contributed by atoms with Gasteiger partial charge in [-0.1, -0.05) is 22.0 Å². The zero-order valence-corrected chi connectivity index (χ0v) is 13.5. The van der Waals surface area contributed by atoms with Crippen LogP contribution in [0.5, 0.6) is 0 Å². The second kappa shape index (κ2) is 7.35. The van der Waals surface area contributed by atoms with Gasteiger partial charge in [0.25, 0.3) is 0 Å². The Morgan fingerprint density at radius 1 is 1.18 bits per heavy atom. The van der Waals surface area contributed by atoms with Crippen LogP contribution < -0.4 is 10.6 Å². The molecule has 0 spiro atoms. The largest absolute Gasteiger partial charge is 0.376 e. The van der Waals surface area contributed by atoms with Crippen molar-refractivity contribution in [3.05, 3.63) is 64.1 Å². The van der Waals surface area contributed by atoms with E-state index in [0.717, 1.165) is 16.2 Å². The highest BCUT2D eigenvalue weighted by Crippen LogP contribution is 2.18. The minimum Gasteiger partial charge on any atom is -0.376 e. The normalized spacial score (nSPS) is 11.8. The van der Waals surface area contributed by atoms with E-state index in [-0.39, 0.29) is 18.0 Å². The van der Waals surface area contributed by atoms with Gasteiger partial charge >= 0.3 is 0 Å². The Morgan fingerprint density at radius 3 is 2.50 bits per heavy atom. The molecule has 0 unspecified atom stereocenters. The van der Waals surface area contributed by atoms with Gasteiger partial charge in [0.1, 0.15) is 11.6 Å². The number of amides is 1. The van der Waals surface area contributed by atoms with Gasteiger partial charge in [0.05, 0.1) is 12.6 Å². The van der Waals surface area contributed by atoms with E-state index in [0.29, 0.717) is 0 Å². The summed E-state index contributed by atoms with van der Waals surface area (Å²) in [5, 5.41) is 5.63. The molecule has 116 valence electrons. The molecule has 0 aliphatic rings. The molecule has 3 nitrogen and oxygen atoms in total. The molecule has 2 aromatic rings. The van der Waals surface area contributed by atoms with E-state index in [4.69, 9.17) is 0 Å². The van der Waals surface area contributed by atoms with Crippen molar-refractivity contribution in [2.45, 2.75) is 13.0 Å². The molecular formula is C16H15BrF2N2O. The van der Waals surface area contributed by atoms with E-state index in [1.807, 2.05) is 24.3 Å². The summed E-state index contributed by atoms with van der Waals surface area (Å²) < 4.78 is 27.4. The molecule has 0 heterocycles. The summed E-state index contributed by atoms with van der Waals surface area (Å²) >= 11 is 3.33. The maximum absolute atomic E-state index is 13.6. The molecule has 1 amide bonds. The number of carbonyl (C=O) groups is 1. The topological polar surface area (TPSA) is 41.1 Å². The van der Waals surface area contributed by atoms with Gasteiger partial charge in [0, 0.05) is 21.8 Å². The Balaban J connectivity index is 1.89. The molecule has 2 N–H and O–H groups in total. The lowest BCUT2D eigenvalue weighted by Gasteiger charge is -2.15. The van der Waals surface area contributed by atoms with Gasteiger partial charge in [0.15, 0.2) is 0 Å². The molecular weight excluding hydrogens is 354 g/mol. The van der Waals surface area contributed by atoms with E-state index in [1.165, 1.54) is 12.1 Å². The number of anilines is 1. The molecule has 1 atom stereocenters. The van der Waals surface area contributed by atoms with E-state index in [9.17, 15) is 13.6 Å². The molecule has 0 aromatic heterocycles. The number of benzene rings is 2. The van der Waals surface area contributed by atoms with Crippen molar-refractivity contribution < 1.29 is 13.6 Å². The highest BCUT2D eigenvalue weighted by atomic mass is 79.9. The average molecular weight is 369 g/mol. The fourth-order valence-corrected chi connectivity index (χ4v) is 2.24. The van der Waals surface area contributed by atoms with Gasteiger partial charge in [0.2, 0.25) is 5.91 Å². The molecule has 0 saturated heterocycles. The van der Waals surface area contributed by atoms with Crippen molar-refractivity contribution in [2.24, 2.45) is 0 Å². The zero-order valence-electron chi connectivity index (χ0n) is 11.9. The molecule has 0 aliphatic heterocycles. The maximum atomic E-state index is 13.6. The number of hydrogen-bond donors (Lipinski definition) is 2. The van der Waals surface area contributed by atoms with Crippen molar-refractivity contribution in [3.63, 3.8) is 0 Å². The highest BCUT2D eigenvalue weighted by Gasteiger charge is 2.14. The lowest BCUT2D eigenvalue weighted by molar-refractivity contribution is -0.120. The lowest BCUT2D eigenvalue weighted by Crippen LogP contribution is -2.32. The number of halogens is 3. The third kappa shape index (κ3) is 4.53. The summed E-state index contributed by atoms with van der Waals surface area (Å²) in [6, 6.07) is 10.1. The van der Waals surface area contributed by atoms with Crippen LogP contribution in [0.15, 0.2) is 46.9 Å². The minimum absolute atomic E-state index is 0.0643. The molecule has 0 radical (unpaired) electrons. The van der Waals surface area contributed by atoms with Crippen molar-refractivity contribution in [1.29, 1.82) is 0 Å². The average Bonchev–Trinajstić information content (AvgIpc) is 2.46. The first-order valence-corrected chi connectivity index (χ1v) is 7.49.